The number of hydrogen-bond donors (Lipinski definition) is 1. The summed E-state index contributed by atoms with van der Waals surface area (Å²) in [6.45, 7) is 4.43. The highest BCUT2D eigenvalue weighted by Crippen LogP contribution is 2.46. The van der Waals surface area contributed by atoms with E-state index < -0.39 is 8.15 Å². The Hall–Kier alpha value is -1.57. The van der Waals surface area contributed by atoms with Gasteiger partial charge in [0.2, 0.25) is 0 Å². The van der Waals surface area contributed by atoms with Crippen LogP contribution in [0.25, 0.3) is 0 Å². The van der Waals surface area contributed by atoms with Crippen molar-refractivity contribution in [3.05, 3.63) is 57.6 Å². The molecule has 1 N–H and O–H groups in total. The van der Waals surface area contributed by atoms with Crippen molar-refractivity contribution in [2.24, 2.45) is 0 Å². The molecule has 2 aromatic rings. The molecule has 178 valence electrons. The van der Waals surface area contributed by atoms with Gasteiger partial charge in [-0.3, -0.25) is 0 Å². The van der Waals surface area contributed by atoms with Crippen LogP contribution < -0.4 is 9.47 Å². The molecule has 2 aromatic carbocycles. The van der Waals surface area contributed by atoms with Crippen molar-refractivity contribution >= 4 is 8.15 Å². The Kier molecular flexibility index (Phi) is 7.28. The smallest absolute Gasteiger partial charge is 0.135 e. The van der Waals surface area contributed by atoms with Gasteiger partial charge in [-0.2, -0.15) is 0 Å². The minimum Gasteiger partial charge on any atom is -0.486 e. The summed E-state index contributed by atoms with van der Waals surface area (Å²) in [7, 11) is -1.33. The number of fused-ring (bicyclic) bond motifs is 2. The minimum absolute atomic E-state index is 0.352. The third-order valence-corrected chi connectivity index (χ3v) is 8.72. The predicted molar refractivity (Wildman–Crippen MR) is 137 cm³/mol. The van der Waals surface area contributed by atoms with Crippen LogP contribution in [0.15, 0.2) is 24.3 Å². The summed E-state index contributed by atoms with van der Waals surface area (Å²) < 4.78 is 12.8. The van der Waals surface area contributed by atoms with Gasteiger partial charge in [0.05, 0.1) is 0 Å². The molecule has 3 aliphatic rings. The summed E-state index contributed by atoms with van der Waals surface area (Å²) in [5.74, 6) is 3.24. The summed E-state index contributed by atoms with van der Waals surface area (Å²) >= 11 is 0. The van der Waals surface area contributed by atoms with E-state index in [9.17, 15) is 4.89 Å². The van der Waals surface area contributed by atoms with Crippen LogP contribution in [0, 0.1) is 13.8 Å². The van der Waals surface area contributed by atoms with Crippen LogP contribution in [0.4, 0.5) is 0 Å². The minimum atomic E-state index is -1.33. The van der Waals surface area contributed by atoms with Gasteiger partial charge in [0, 0.05) is 6.42 Å². The van der Waals surface area contributed by atoms with E-state index in [0.29, 0.717) is 24.5 Å². The molecule has 2 aliphatic carbocycles. The summed E-state index contributed by atoms with van der Waals surface area (Å²) in [4.78, 5) is 10.8. The first-order valence-corrected chi connectivity index (χ1v) is 14.7. The highest BCUT2D eigenvalue weighted by atomic mass is 31.1. The molecule has 2 saturated carbocycles. The van der Waals surface area contributed by atoms with Crippen LogP contribution in [0.3, 0.4) is 0 Å². The average molecular weight is 467 g/mol. The summed E-state index contributed by atoms with van der Waals surface area (Å²) in [5, 5.41) is 0. The van der Waals surface area contributed by atoms with E-state index in [0.717, 1.165) is 17.9 Å². The van der Waals surface area contributed by atoms with E-state index in [1.165, 1.54) is 97.6 Å². The van der Waals surface area contributed by atoms with Gasteiger partial charge in [0.15, 0.2) is 0 Å². The van der Waals surface area contributed by atoms with Crippen molar-refractivity contribution in [1.29, 1.82) is 0 Å². The molecule has 0 saturated heterocycles. The fraction of sp³-hybridized carbons (Fsp3) is 0.586. The fourth-order valence-electron chi connectivity index (χ4n) is 6.33. The Labute approximate surface area is 200 Å². The molecule has 1 aliphatic heterocycles. The fourth-order valence-corrected chi connectivity index (χ4v) is 6.96. The van der Waals surface area contributed by atoms with Crippen LogP contribution >= 0.6 is 8.15 Å². The summed E-state index contributed by atoms with van der Waals surface area (Å²) in [5.41, 5.74) is 7.87. The standard InChI is InChI=1S/C29H39O3P/c1-20-13-24-17-25-14-21(2)16-27(23-11-7-4-8-12-23)29(25)32-19-33(30)18-31-28(24)26(15-20)22-9-5-3-6-10-22/h13-16,22-23,30H,3-12,17-19H2,1-2H3. The zero-order valence-electron chi connectivity index (χ0n) is 20.4. The van der Waals surface area contributed by atoms with Crippen LogP contribution in [0.2, 0.25) is 0 Å². The van der Waals surface area contributed by atoms with E-state index in [1.54, 1.807) is 0 Å². The number of rotatable bonds is 2. The summed E-state index contributed by atoms with van der Waals surface area (Å²) in [6, 6.07) is 9.30. The van der Waals surface area contributed by atoms with Crippen molar-refractivity contribution in [1.82, 2.24) is 0 Å². The van der Waals surface area contributed by atoms with Crippen molar-refractivity contribution in [2.75, 3.05) is 12.7 Å². The first kappa shape index (κ1) is 23.2. The molecule has 0 aromatic heterocycles. The van der Waals surface area contributed by atoms with Gasteiger partial charge in [-0.05, 0) is 73.6 Å². The molecule has 0 spiro atoms. The van der Waals surface area contributed by atoms with Gasteiger partial charge < -0.3 is 14.4 Å². The molecule has 0 amide bonds. The second-order valence-electron chi connectivity index (χ2n) is 10.6. The maximum atomic E-state index is 10.8. The van der Waals surface area contributed by atoms with Gasteiger partial charge in [-0.15, -0.1) is 0 Å². The molecule has 1 heterocycles. The molecule has 0 radical (unpaired) electrons. The monoisotopic (exact) mass is 466 g/mol. The van der Waals surface area contributed by atoms with Crippen LogP contribution in [-0.4, -0.2) is 17.6 Å². The third kappa shape index (κ3) is 5.25. The number of hydrogen-bond acceptors (Lipinski definition) is 3. The van der Waals surface area contributed by atoms with Crippen molar-refractivity contribution in [3.63, 3.8) is 0 Å². The maximum Gasteiger partial charge on any atom is 0.135 e. The first-order valence-electron chi connectivity index (χ1n) is 13.0. The Balaban J connectivity index is 1.60. The van der Waals surface area contributed by atoms with Crippen LogP contribution in [-0.2, 0) is 6.42 Å². The zero-order valence-corrected chi connectivity index (χ0v) is 21.3. The molecule has 0 bridgehead atoms. The highest BCUT2D eigenvalue weighted by molar-refractivity contribution is 7.51. The lowest BCUT2D eigenvalue weighted by molar-refractivity contribution is 0.324. The van der Waals surface area contributed by atoms with E-state index in [2.05, 4.69) is 38.1 Å². The van der Waals surface area contributed by atoms with Crippen molar-refractivity contribution in [3.8, 4) is 11.5 Å². The number of benzene rings is 2. The molecule has 2 fully saturated rings. The Morgan fingerprint density at radius 2 is 1.09 bits per heavy atom. The molecule has 5 rings (SSSR count). The van der Waals surface area contributed by atoms with Crippen molar-refractivity contribution < 1.29 is 14.4 Å². The van der Waals surface area contributed by atoms with Crippen molar-refractivity contribution in [2.45, 2.75) is 96.3 Å². The molecular weight excluding hydrogens is 427 g/mol. The quantitative estimate of drug-likeness (QED) is 0.455. The first-order chi connectivity index (χ1) is 16.1. The van der Waals surface area contributed by atoms with Gasteiger partial charge in [-0.1, -0.05) is 73.9 Å². The van der Waals surface area contributed by atoms with E-state index in [1.807, 2.05) is 0 Å². The molecule has 3 nitrogen and oxygen atoms in total. The maximum absolute atomic E-state index is 10.8. The molecule has 4 heteroatoms. The third-order valence-electron chi connectivity index (χ3n) is 7.86. The topological polar surface area (TPSA) is 38.7 Å². The Morgan fingerprint density at radius 3 is 1.52 bits per heavy atom. The SMILES string of the molecule is Cc1cc2c(c(C3CCCCC3)c1)OCP(O)COc1c(cc(C)cc1C1CCCCC1)C2. The largest absolute Gasteiger partial charge is 0.486 e. The van der Waals surface area contributed by atoms with Gasteiger partial charge >= 0.3 is 0 Å². The van der Waals surface area contributed by atoms with Crippen LogP contribution in [0.1, 0.15) is 109 Å². The normalized spacial score (nSPS) is 20.9. The lowest BCUT2D eigenvalue weighted by Crippen LogP contribution is -2.15. The lowest BCUT2D eigenvalue weighted by Gasteiger charge is -2.30. The highest BCUT2D eigenvalue weighted by Gasteiger charge is 2.27. The Bertz CT molecular complexity index is 896. The molecule has 0 atom stereocenters. The Morgan fingerprint density at radius 1 is 0.667 bits per heavy atom. The molecule has 33 heavy (non-hydrogen) atoms. The second kappa shape index (κ2) is 10.4. The average Bonchev–Trinajstić information content (AvgIpc) is 2.83. The van der Waals surface area contributed by atoms with Gasteiger partial charge in [0.1, 0.15) is 32.3 Å². The number of ether oxygens (including phenoxy) is 2. The van der Waals surface area contributed by atoms with E-state index >= 15 is 0 Å². The molecular formula is C29H39O3P. The lowest BCUT2D eigenvalue weighted by atomic mass is 9.80. The predicted octanol–water partition coefficient (Wildman–Crippen LogP) is 8.07. The van der Waals surface area contributed by atoms with E-state index in [4.69, 9.17) is 9.47 Å². The van der Waals surface area contributed by atoms with Gasteiger partial charge in [0.25, 0.3) is 0 Å². The number of aryl methyl sites for hydroxylation is 2. The molecule has 0 unspecified atom stereocenters. The van der Waals surface area contributed by atoms with E-state index in [-0.39, 0.29) is 0 Å². The van der Waals surface area contributed by atoms with Gasteiger partial charge in [-0.25, -0.2) is 0 Å². The summed E-state index contributed by atoms with van der Waals surface area (Å²) in [6.07, 6.45) is 14.4. The van der Waals surface area contributed by atoms with Crippen LogP contribution in [0.5, 0.6) is 11.5 Å². The zero-order chi connectivity index (χ0) is 22.8. The second-order valence-corrected chi connectivity index (χ2v) is 12.1.